The van der Waals surface area contributed by atoms with Gasteiger partial charge in [-0.25, -0.2) is 0 Å². The first-order valence-electron chi connectivity index (χ1n) is 11.7. The summed E-state index contributed by atoms with van der Waals surface area (Å²) in [5, 5.41) is 30.4. The number of rotatable bonds is 7. The van der Waals surface area contributed by atoms with Crippen LogP contribution in [0.4, 0.5) is 11.4 Å². The van der Waals surface area contributed by atoms with Crippen molar-refractivity contribution in [3.8, 4) is 16.9 Å². The van der Waals surface area contributed by atoms with Crippen LogP contribution in [0.3, 0.4) is 0 Å². The number of aromatic hydroxyl groups is 1. The number of anilines is 2. The van der Waals surface area contributed by atoms with Gasteiger partial charge in [-0.3, -0.25) is 15.0 Å². The second-order valence-corrected chi connectivity index (χ2v) is 8.77. The van der Waals surface area contributed by atoms with Crippen LogP contribution in [0, 0.1) is 13.8 Å². The fourth-order valence-electron chi connectivity index (χ4n) is 4.12. The number of carbonyl (C=O) groups is 2. The molecule has 184 valence electrons. The van der Waals surface area contributed by atoms with Crippen LogP contribution in [-0.4, -0.2) is 33.5 Å². The minimum Gasteiger partial charge on any atom is -0.505 e. The quantitative estimate of drug-likeness (QED) is 0.305. The molecule has 0 fully saturated rings. The molecule has 3 aromatic carbocycles. The van der Waals surface area contributed by atoms with Crippen molar-refractivity contribution in [2.24, 2.45) is 10.2 Å². The lowest BCUT2D eigenvalue weighted by Gasteiger charge is -2.14. The van der Waals surface area contributed by atoms with Crippen LogP contribution in [-0.2, 0) is 9.59 Å². The van der Waals surface area contributed by atoms with Crippen molar-refractivity contribution in [1.29, 1.82) is 0 Å². The van der Waals surface area contributed by atoms with Gasteiger partial charge in [-0.05, 0) is 67.6 Å². The van der Waals surface area contributed by atoms with E-state index in [0.29, 0.717) is 40.2 Å². The molecular weight excluding hydrogens is 456 g/mol. The van der Waals surface area contributed by atoms with E-state index in [1.165, 1.54) is 5.01 Å². The average Bonchev–Trinajstić information content (AvgIpc) is 3.13. The van der Waals surface area contributed by atoms with E-state index in [1.54, 1.807) is 43.3 Å². The van der Waals surface area contributed by atoms with Crippen molar-refractivity contribution < 1.29 is 19.8 Å². The molecule has 0 radical (unpaired) electrons. The molecule has 8 heteroatoms. The third-order valence-electron chi connectivity index (χ3n) is 6.35. The maximum absolute atomic E-state index is 13.0. The van der Waals surface area contributed by atoms with Gasteiger partial charge >= 0.3 is 11.9 Å². The summed E-state index contributed by atoms with van der Waals surface area (Å²) < 4.78 is 0. The maximum atomic E-state index is 13.0. The number of aryl methyl sites for hydroxylation is 2. The van der Waals surface area contributed by atoms with Gasteiger partial charge in [0, 0.05) is 5.56 Å². The summed E-state index contributed by atoms with van der Waals surface area (Å²) in [4.78, 5) is 24.6. The summed E-state index contributed by atoms with van der Waals surface area (Å²) in [6.07, 6.45) is 0.456. The zero-order chi connectivity index (χ0) is 26.0. The minimum atomic E-state index is -0.891. The molecule has 1 heterocycles. The number of nitrogens with zero attached hydrogens (tertiary/aromatic N) is 3. The molecule has 36 heavy (non-hydrogen) atoms. The number of para-hydroxylation sites is 1. The topological polar surface area (TPSA) is 115 Å². The summed E-state index contributed by atoms with van der Waals surface area (Å²) in [6, 6.07) is 17.9. The number of nitrogens with one attached hydrogen (secondary N) is 1. The average molecular weight is 485 g/mol. The van der Waals surface area contributed by atoms with E-state index in [1.807, 2.05) is 45.0 Å². The highest BCUT2D eigenvalue weighted by Gasteiger charge is 2.31. The lowest BCUT2D eigenvalue weighted by atomic mass is 9.93. The number of carboxylic acid groups (broad SMARTS) is 1. The minimum absolute atomic E-state index is 0.0616. The zero-order valence-corrected chi connectivity index (χ0v) is 20.6. The van der Waals surface area contributed by atoms with Crippen LogP contribution >= 0.6 is 0 Å². The number of carbonyl (C=O) groups excluding carboxylic acids is 1. The highest BCUT2D eigenvalue weighted by Crippen LogP contribution is 2.37. The van der Waals surface area contributed by atoms with Gasteiger partial charge < -0.3 is 10.2 Å². The number of phenols is 1. The number of carboxylic acids is 1. The summed E-state index contributed by atoms with van der Waals surface area (Å²) in [5.74, 6) is -1.95. The largest absolute Gasteiger partial charge is 0.505 e. The Labute approximate surface area is 209 Å². The lowest BCUT2D eigenvalue weighted by Crippen LogP contribution is -2.28. The molecular formula is C28H28N4O4. The third-order valence-corrected chi connectivity index (χ3v) is 6.35. The molecule has 1 unspecified atom stereocenters. The van der Waals surface area contributed by atoms with Gasteiger partial charge in [-0.2, -0.15) is 15.2 Å². The van der Waals surface area contributed by atoms with Crippen LogP contribution in [0.2, 0.25) is 0 Å². The zero-order valence-electron chi connectivity index (χ0n) is 20.6. The van der Waals surface area contributed by atoms with Gasteiger partial charge in [-0.1, -0.05) is 49.4 Å². The van der Waals surface area contributed by atoms with Crippen LogP contribution in [0.15, 0.2) is 70.9 Å². The standard InChI is InChI=1S/C28H28N4O4/c1-5-22(28(35)36)19-8-6-9-20(15-19)23-10-7-11-24(26(23)33)29-30-25-18(4)31-32(27(25)34)21-13-12-16(2)17(3)14-21/h6-15,22,29,33H,5H2,1-4H3,(H,35,36)/b30-25-. The lowest BCUT2D eigenvalue weighted by molar-refractivity contribution is -0.138. The number of hydrogen-bond acceptors (Lipinski definition) is 6. The molecule has 4 rings (SSSR count). The fourth-order valence-corrected chi connectivity index (χ4v) is 4.12. The SMILES string of the molecule is CCC(C(=O)O)c1cccc(-c2cccc(N/N=C3\C(=O)N(c4ccc(C)c(C)c4)N=C3C)c2O)c1. The van der Waals surface area contributed by atoms with Gasteiger partial charge in [0.2, 0.25) is 0 Å². The summed E-state index contributed by atoms with van der Waals surface area (Å²) in [5.41, 5.74) is 8.39. The van der Waals surface area contributed by atoms with Crippen molar-refractivity contribution in [2.45, 2.75) is 40.0 Å². The second-order valence-electron chi connectivity index (χ2n) is 8.77. The highest BCUT2D eigenvalue weighted by atomic mass is 16.4. The smallest absolute Gasteiger partial charge is 0.310 e. The summed E-state index contributed by atoms with van der Waals surface area (Å²) in [6.45, 7) is 7.50. The van der Waals surface area contributed by atoms with Crippen LogP contribution in [0.1, 0.15) is 42.9 Å². The van der Waals surface area contributed by atoms with Gasteiger partial charge in [-0.15, -0.1) is 0 Å². The highest BCUT2D eigenvalue weighted by molar-refractivity contribution is 6.71. The van der Waals surface area contributed by atoms with Gasteiger partial charge in [0.15, 0.2) is 5.71 Å². The van der Waals surface area contributed by atoms with Crippen molar-refractivity contribution in [3.05, 3.63) is 77.4 Å². The molecule has 1 aliphatic rings. The third kappa shape index (κ3) is 4.70. The number of phenolic OH excluding ortho intramolecular Hbond substituents is 1. The van der Waals surface area contributed by atoms with E-state index < -0.39 is 11.9 Å². The van der Waals surface area contributed by atoms with Crippen molar-refractivity contribution in [1.82, 2.24) is 0 Å². The molecule has 0 spiro atoms. The molecule has 1 amide bonds. The van der Waals surface area contributed by atoms with E-state index >= 15 is 0 Å². The first-order chi connectivity index (χ1) is 17.2. The van der Waals surface area contributed by atoms with E-state index in [0.717, 1.165) is 11.1 Å². The van der Waals surface area contributed by atoms with Crippen LogP contribution in [0.25, 0.3) is 11.1 Å². The predicted octanol–water partition coefficient (Wildman–Crippen LogP) is 5.44. The number of amides is 1. The first-order valence-corrected chi connectivity index (χ1v) is 11.7. The van der Waals surface area contributed by atoms with E-state index in [4.69, 9.17) is 0 Å². The molecule has 3 aromatic rings. The monoisotopic (exact) mass is 484 g/mol. The van der Waals surface area contributed by atoms with E-state index in [9.17, 15) is 19.8 Å². The number of hydrogen-bond donors (Lipinski definition) is 3. The molecule has 0 aliphatic carbocycles. The predicted molar refractivity (Wildman–Crippen MR) is 142 cm³/mol. The summed E-state index contributed by atoms with van der Waals surface area (Å²) >= 11 is 0. The number of benzene rings is 3. The molecule has 0 aromatic heterocycles. The summed E-state index contributed by atoms with van der Waals surface area (Å²) in [7, 11) is 0. The van der Waals surface area contributed by atoms with E-state index in [-0.39, 0.29) is 17.4 Å². The van der Waals surface area contributed by atoms with Crippen LogP contribution < -0.4 is 10.4 Å². The van der Waals surface area contributed by atoms with E-state index in [2.05, 4.69) is 15.6 Å². The molecule has 1 atom stereocenters. The second kappa shape index (κ2) is 10.0. The molecule has 8 nitrogen and oxygen atoms in total. The Bertz CT molecular complexity index is 1410. The normalized spacial score (nSPS) is 15.2. The van der Waals surface area contributed by atoms with Gasteiger partial charge in [0.1, 0.15) is 5.75 Å². The Balaban J connectivity index is 1.60. The number of hydrazone groups is 2. The van der Waals surface area contributed by atoms with Gasteiger partial charge in [0.25, 0.3) is 0 Å². The van der Waals surface area contributed by atoms with Crippen molar-refractivity contribution in [2.75, 3.05) is 10.4 Å². The first kappa shape index (κ1) is 24.7. The van der Waals surface area contributed by atoms with Crippen molar-refractivity contribution in [3.63, 3.8) is 0 Å². The molecule has 0 bridgehead atoms. The molecule has 3 N–H and O–H groups in total. The maximum Gasteiger partial charge on any atom is 0.310 e. The molecule has 0 saturated carbocycles. The fraction of sp³-hybridized carbons (Fsp3) is 0.214. The van der Waals surface area contributed by atoms with Crippen molar-refractivity contribution >= 4 is 34.7 Å². The van der Waals surface area contributed by atoms with Crippen LogP contribution in [0.5, 0.6) is 5.75 Å². The Morgan fingerprint density at radius 2 is 1.81 bits per heavy atom. The van der Waals surface area contributed by atoms with Gasteiger partial charge in [0.05, 0.1) is 23.0 Å². The Kier molecular flexibility index (Phi) is 6.87. The molecule has 1 aliphatic heterocycles. The Morgan fingerprint density at radius 1 is 1.06 bits per heavy atom. The molecule has 0 saturated heterocycles. The Morgan fingerprint density at radius 3 is 2.50 bits per heavy atom. The Hall–Kier alpha value is -4.46. The number of aliphatic carboxylic acids is 1.